The quantitative estimate of drug-likeness (QED) is 0.820. The molecule has 0 aliphatic carbocycles. The molecule has 0 spiro atoms. The Morgan fingerprint density at radius 1 is 1.35 bits per heavy atom. The van der Waals surface area contributed by atoms with Crippen molar-refractivity contribution in [1.29, 1.82) is 0 Å². The van der Waals surface area contributed by atoms with Crippen molar-refractivity contribution in [2.45, 2.75) is 38.8 Å². The summed E-state index contributed by atoms with van der Waals surface area (Å²) in [7, 11) is 0. The average Bonchev–Trinajstić information content (AvgIpc) is 3.00. The van der Waals surface area contributed by atoms with Crippen LogP contribution in [0.4, 0.5) is 0 Å². The second-order valence-electron chi connectivity index (χ2n) is 6.33. The van der Waals surface area contributed by atoms with Gasteiger partial charge in [0, 0.05) is 11.6 Å². The van der Waals surface area contributed by atoms with E-state index in [1.165, 1.54) is 12.8 Å². The van der Waals surface area contributed by atoms with Gasteiger partial charge < -0.3 is 11.1 Å². The minimum Gasteiger partial charge on any atom is -0.353 e. The molecule has 23 heavy (non-hydrogen) atoms. The number of likely N-dealkylation sites (tertiary alicyclic amines) is 1. The first-order valence-corrected chi connectivity index (χ1v) is 8.39. The van der Waals surface area contributed by atoms with Crippen LogP contribution in [0.2, 0.25) is 5.02 Å². The minimum atomic E-state index is -0.460. The van der Waals surface area contributed by atoms with Gasteiger partial charge in [0.15, 0.2) is 0 Å². The Bertz CT molecular complexity index is 504. The number of halogens is 2. The SMILES string of the molecule is CC(C)[C@H](N)C(=O)NCC(c1cccc(Cl)c1)N1CCCC1.Cl. The van der Waals surface area contributed by atoms with Gasteiger partial charge >= 0.3 is 0 Å². The number of benzene rings is 1. The molecule has 1 aromatic rings. The third-order valence-corrected chi connectivity index (χ3v) is 4.54. The van der Waals surface area contributed by atoms with Crippen molar-refractivity contribution >= 4 is 29.9 Å². The van der Waals surface area contributed by atoms with E-state index in [9.17, 15) is 4.79 Å². The molecule has 0 aromatic heterocycles. The normalized spacial score (nSPS) is 17.6. The highest BCUT2D eigenvalue weighted by Gasteiger charge is 2.25. The van der Waals surface area contributed by atoms with Crippen LogP contribution < -0.4 is 11.1 Å². The molecule has 130 valence electrons. The van der Waals surface area contributed by atoms with Crippen LogP contribution in [0.3, 0.4) is 0 Å². The monoisotopic (exact) mass is 359 g/mol. The number of hydrogen-bond acceptors (Lipinski definition) is 3. The lowest BCUT2D eigenvalue weighted by Gasteiger charge is -2.29. The highest BCUT2D eigenvalue weighted by atomic mass is 35.5. The maximum Gasteiger partial charge on any atom is 0.237 e. The van der Waals surface area contributed by atoms with E-state index in [1.807, 2.05) is 32.0 Å². The Labute approximate surface area is 150 Å². The summed E-state index contributed by atoms with van der Waals surface area (Å²) in [5, 5.41) is 3.74. The molecule has 2 rings (SSSR count). The van der Waals surface area contributed by atoms with E-state index in [-0.39, 0.29) is 30.3 Å². The molecular formula is C17H27Cl2N3O. The van der Waals surface area contributed by atoms with Crippen molar-refractivity contribution < 1.29 is 4.79 Å². The van der Waals surface area contributed by atoms with E-state index >= 15 is 0 Å². The number of carbonyl (C=O) groups is 1. The molecule has 1 aromatic carbocycles. The van der Waals surface area contributed by atoms with Gasteiger partial charge in [-0.3, -0.25) is 9.69 Å². The number of nitrogens with one attached hydrogen (secondary N) is 1. The molecule has 1 fully saturated rings. The lowest BCUT2D eigenvalue weighted by atomic mass is 10.0. The highest BCUT2D eigenvalue weighted by molar-refractivity contribution is 6.30. The molecule has 1 saturated heterocycles. The number of hydrogen-bond donors (Lipinski definition) is 2. The summed E-state index contributed by atoms with van der Waals surface area (Å²) in [6.45, 7) is 6.60. The number of carbonyl (C=O) groups excluding carboxylic acids is 1. The Kier molecular flexibility index (Phi) is 8.34. The van der Waals surface area contributed by atoms with Gasteiger partial charge in [-0.25, -0.2) is 0 Å². The van der Waals surface area contributed by atoms with E-state index in [4.69, 9.17) is 17.3 Å². The van der Waals surface area contributed by atoms with Crippen molar-refractivity contribution in [1.82, 2.24) is 10.2 Å². The Balaban J connectivity index is 0.00000264. The first-order valence-electron chi connectivity index (χ1n) is 8.02. The molecule has 1 amide bonds. The number of amides is 1. The van der Waals surface area contributed by atoms with Gasteiger partial charge in [0.25, 0.3) is 0 Å². The van der Waals surface area contributed by atoms with E-state index in [0.717, 1.165) is 23.7 Å². The van der Waals surface area contributed by atoms with E-state index in [0.29, 0.717) is 6.54 Å². The summed E-state index contributed by atoms with van der Waals surface area (Å²) in [5.41, 5.74) is 7.06. The fourth-order valence-electron chi connectivity index (χ4n) is 2.84. The third kappa shape index (κ3) is 5.64. The maximum absolute atomic E-state index is 12.1. The van der Waals surface area contributed by atoms with Crippen LogP contribution in [-0.4, -0.2) is 36.5 Å². The summed E-state index contributed by atoms with van der Waals surface area (Å²) in [6, 6.07) is 7.59. The van der Waals surface area contributed by atoms with Crippen LogP contribution in [0.25, 0.3) is 0 Å². The summed E-state index contributed by atoms with van der Waals surface area (Å²) in [5.74, 6) is 0.0534. The first-order chi connectivity index (χ1) is 10.5. The van der Waals surface area contributed by atoms with Gasteiger partial charge in [-0.15, -0.1) is 12.4 Å². The fraction of sp³-hybridized carbons (Fsp3) is 0.588. The molecule has 3 N–H and O–H groups in total. The van der Waals surface area contributed by atoms with E-state index in [1.54, 1.807) is 0 Å². The van der Waals surface area contributed by atoms with Crippen molar-refractivity contribution in [2.24, 2.45) is 11.7 Å². The molecule has 0 bridgehead atoms. The molecule has 0 radical (unpaired) electrons. The molecular weight excluding hydrogens is 333 g/mol. The summed E-state index contributed by atoms with van der Waals surface area (Å²) in [4.78, 5) is 14.5. The van der Waals surface area contributed by atoms with Crippen molar-refractivity contribution in [3.63, 3.8) is 0 Å². The fourth-order valence-corrected chi connectivity index (χ4v) is 3.04. The van der Waals surface area contributed by atoms with E-state index < -0.39 is 6.04 Å². The first kappa shape index (κ1) is 20.2. The van der Waals surface area contributed by atoms with Crippen LogP contribution in [0, 0.1) is 5.92 Å². The van der Waals surface area contributed by atoms with Gasteiger partial charge in [-0.05, 0) is 49.5 Å². The molecule has 1 unspecified atom stereocenters. The molecule has 6 heteroatoms. The Hall–Kier alpha value is -0.810. The topological polar surface area (TPSA) is 58.4 Å². The van der Waals surface area contributed by atoms with Crippen molar-refractivity contribution in [2.75, 3.05) is 19.6 Å². The third-order valence-electron chi connectivity index (χ3n) is 4.31. The standard InChI is InChI=1S/C17H26ClN3O.ClH/c1-12(2)16(19)17(22)20-11-15(21-8-3-4-9-21)13-6-5-7-14(18)10-13;/h5-7,10,12,15-16H,3-4,8-9,11,19H2,1-2H3,(H,20,22);1H/t15?,16-;/m0./s1. The van der Waals surface area contributed by atoms with Gasteiger partial charge in [0.2, 0.25) is 5.91 Å². The second kappa shape index (κ2) is 9.48. The zero-order valence-corrected chi connectivity index (χ0v) is 15.4. The maximum atomic E-state index is 12.1. The summed E-state index contributed by atoms with van der Waals surface area (Å²) < 4.78 is 0. The van der Waals surface area contributed by atoms with Crippen LogP contribution in [0.1, 0.15) is 38.3 Å². The van der Waals surface area contributed by atoms with Crippen LogP contribution >= 0.6 is 24.0 Å². The number of nitrogens with zero attached hydrogens (tertiary/aromatic N) is 1. The van der Waals surface area contributed by atoms with Gasteiger partial charge in [0.1, 0.15) is 0 Å². The summed E-state index contributed by atoms with van der Waals surface area (Å²) >= 11 is 6.12. The van der Waals surface area contributed by atoms with Crippen molar-refractivity contribution in [3.8, 4) is 0 Å². The zero-order chi connectivity index (χ0) is 16.1. The highest BCUT2D eigenvalue weighted by Crippen LogP contribution is 2.26. The predicted octanol–water partition coefficient (Wildman–Crippen LogP) is 3.00. The largest absolute Gasteiger partial charge is 0.353 e. The Morgan fingerprint density at radius 3 is 2.57 bits per heavy atom. The predicted molar refractivity (Wildman–Crippen MR) is 98.1 cm³/mol. The molecule has 2 atom stereocenters. The van der Waals surface area contributed by atoms with Gasteiger partial charge in [-0.1, -0.05) is 37.6 Å². The number of nitrogens with two attached hydrogens (primary N) is 1. The van der Waals surface area contributed by atoms with Crippen LogP contribution in [-0.2, 0) is 4.79 Å². The second-order valence-corrected chi connectivity index (χ2v) is 6.77. The van der Waals surface area contributed by atoms with Gasteiger partial charge in [0.05, 0.1) is 12.1 Å². The molecule has 0 saturated carbocycles. The smallest absolute Gasteiger partial charge is 0.237 e. The average molecular weight is 360 g/mol. The minimum absolute atomic E-state index is 0. The molecule has 4 nitrogen and oxygen atoms in total. The van der Waals surface area contributed by atoms with Crippen LogP contribution in [0.5, 0.6) is 0 Å². The Morgan fingerprint density at radius 2 is 2.00 bits per heavy atom. The molecule has 1 heterocycles. The van der Waals surface area contributed by atoms with E-state index in [2.05, 4.69) is 16.3 Å². The number of rotatable bonds is 6. The molecule has 1 aliphatic rings. The lowest BCUT2D eigenvalue weighted by Crippen LogP contribution is -2.46. The van der Waals surface area contributed by atoms with Crippen LogP contribution in [0.15, 0.2) is 24.3 Å². The summed E-state index contributed by atoms with van der Waals surface area (Å²) in [6.07, 6.45) is 2.41. The lowest BCUT2D eigenvalue weighted by molar-refractivity contribution is -0.123. The molecule has 1 aliphatic heterocycles. The van der Waals surface area contributed by atoms with Gasteiger partial charge in [-0.2, -0.15) is 0 Å². The van der Waals surface area contributed by atoms with Crippen molar-refractivity contribution in [3.05, 3.63) is 34.9 Å². The zero-order valence-electron chi connectivity index (χ0n) is 13.8.